The number of nitrogens with two attached hydrogens (primary N) is 1. The number of carbonyl (C=O) groups excluding carboxylic acids is 2. The highest BCUT2D eigenvalue weighted by Crippen LogP contribution is 2.19. The molecule has 6 heteroatoms. The Morgan fingerprint density at radius 2 is 1.87 bits per heavy atom. The van der Waals surface area contributed by atoms with Gasteiger partial charge in [0.15, 0.2) is 0 Å². The van der Waals surface area contributed by atoms with E-state index in [0.29, 0.717) is 23.8 Å². The van der Waals surface area contributed by atoms with E-state index in [4.69, 9.17) is 5.73 Å². The molecular formula is C24H32N4O2. The predicted molar refractivity (Wildman–Crippen MR) is 120 cm³/mol. The first-order valence-electron chi connectivity index (χ1n) is 10.8. The molecule has 0 radical (unpaired) electrons. The number of nitrogens with zero attached hydrogens (tertiary/aromatic N) is 2. The van der Waals surface area contributed by atoms with Crippen molar-refractivity contribution in [3.8, 4) is 0 Å². The minimum absolute atomic E-state index is 0.114. The van der Waals surface area contributed by atoms with Gasteiger partial charge in [-0.25, -0.2) is 0 Å². The van der Waals surface area contributed by atoms with Crippen LogP contribution in [0.5, 0.6) is 0 Å². The Labute approximate surface area is 179 Å². The molecule has 1 atom stereocenters. The van der Waals surface area contributed by atoms with E-state index in [0.717, 1.165) is 45.4 Å². The van der Waals surface area contributed by atoms with Gasteiger partial charge in [0.1, 0.15) is 0 Å². The molecule has 1 fully saturated rings. The Morgan fingerprint density at radius 1 is 1.13 bits per heavy atom. The van der Waals surface area contributed by atoms with E-state index in [2.05, 4.69) is 46.3 Å². The van der Waals surface area contributed by atoms with Crippen LogP contribution in [0.3, 0.4) is 0 Å². The first-order valence-corrected chi connectivity index (χ1v) is 10.8. The van der Waals surface area contributed by atoms with Gasteiger partial charge in [-0.2, -0.15) is 0 Å². The average Bonchev–Trinajstić information content (AvgIpc) is 2.74. The molecule has 160 valence electrons. The van der Waals surface area contributed by atoms with E-state index in [-0.39, 0.29) is 5.91 Å². The molecule has 1 unspecified atom stereocenters. The van der Waals surface area contributed by atoms with Crippen LogP contribution in [0.1, 0.15) is 42.1 Å². The van der Waals surface area contributed by atoms with E-state index in [1.165, 1.54) is 5.56 Å². The lowest BCUT2D eigenvalue weighted by atomic mass is 10.0. The summed E-state index contributed by atoms with van der Waals surface area (Å²) < 4.78 is 0. The van der Waals surface area contributed by atoms with Crippen molar-refractivity contribution in [3.05, 3.63) is 65.7 Å². The second-order valence-electron chi connectivity index (χ2n) is 7.95. The van der Waals surface area contributed by atoms with Crippen LogP contribution in [0.15, 0.2) is 54.6 Å². The van der Waals surface area contributed by atoms with Crippen molar-refractivity contribution < 1.29 is 9.59 Å². The third kappa shape index (κ3) is 6.15. The second kappa shape index (κ2) is 10.9. The van der Waals surface area contributed by atoms with Crippen LogP contribution in [0.25, 0.3) is 0 Å². The number of amides is 2. The highest BCUT2D eigenvalue weighted by molar-refractivity contribution is 6.03. The Kier molecular flexibility index (Phi) is 7.99. The fourth-order valence-corrected chi connectivity index (χ4v) is 4.17. The Bertz CT molecular complexity index is 840. The summed E-state index contributed by atoms with van der Waals surface area (Å²) >= 11 is 0. The van der Waals surface area contributed by atoms with E-state index in [1.807, 2.05) is 6.07 Å². The van der Waals surface area contributed by atoms with Crippen LogP contribution in [-0.2, 0) is 11.3 Å². The standard InChI is InChI=1S/C24H32N4O2/c1-2-14-28(18-23(29)26-22-13-7-6-12-21(22)24(25)30)20-11-8-15-27(17-20)16-19-9-4-3-5-10-19/h3-7,9-10,12-13,20H,2,8,11,14-18H2,1H3,(H2,25,30)(H,26,29). The van der Waals surface area contributed by atoms with Crippen molar-refractivity contribution in [1.82, 2.24) is 9.80 Å². The van der Waals surface area contributed by atoms with Crippen LogP contribution in [0.4, 0.5) is 5.69 Å². The number of hydrogen-bond donors (Lipinski definition) is 2. The lowest BCUT2D eigenvalue weighted by Gasteiger charge is -2.39. The number of hydrogen-bond acceptors (Lipinski definition) is 4. The molecule has 0 spiro atoms. The van der Waals surface area contributed by atoms with E-state index >= 15 is 0 Å². The minimum atomic E-state index is -0.542. The van der Waals surface area contributed by atoms with Gasteiger partial charge in [-0.1, -0.05) is 49.4 Å². The molecule has 1 heterocycles. The number of para-hydroxylation sites is 1. The quantitative estimate of drug-likeness (QED) is 0.668. The van der Waals surface area contributed by atoms with E-state index < -0.39 is 5.91 Å². The van der Waals surface area contributed by atoms with Gasteiger partial charge < -0.3 is 11.1 Å². The summed E-state index contributed by atoms with van der Waals surface area (Å²) in [4.78, 5) is 29.1. The molecular weight excluding hydrogens is 376 g/mol. The Balaban J connectivity index is 1.62. The topological polar surface area (TPSA) is 78.7 Å². The maximum atomic E-state index is 12.8. The third-order valence-corrected chi connectivity index (χ3v) is 5.57. The molecule has 2 aromatic rings. The number of benzene rings is 2. The molecule has 0 saturated carbocycles. The molecule has 0 aromatic heterocycles. The summed E-state index contributed by atoms with van der Waals surface area (Å²) in [5.74, 6) is -0.655. The molecule has 2 amide bonds. The first-order chi connectivity index (χ1) is 14.6. The molecule has 0 aliphatic carbocycles. The first kappa shape index (κ1) is 22.0. The third-order valence-electron chi connectivity index (χ3n) is 5.57. The van der Waals surface area contributed by atoms with Gasteiger partial charge in [-0.3, -0.25) is 19.4 Å². The van der Waals surface area contributed by atoms with Crippen LogP contribution in [0.2, 0.25) is 0 Å². The molecule has 1 saturated heterocycles. The number of nitrogens with one attached hydrogen (secondary N) is 1. The van der Waals surface area contributed by atoms with Gasteiger partial charge in [0.05, 0.1) is 17.8 Å². The Morgan fingerprint density at radius 3 is 2.60 bits per heavy atom. The van der Waals surface area contributed by atoms with Crippen LogP contribution < -0.4 is 11.1 Å². The van der Waals surface area contributed by atoms with E-state index in [9.17, 15) is 9.59 Å². The van der Waals surface area contributed by atoms with Gasteiger partial charge in [0, 0.05) is 19.1 Å². The average molecular weight is 409 g/mol. The summed E-state index contributed by atoms with van der Waals surface area (Å²) in [6.07, 6.45) is 3.21. The van der Waals surface area contributed by atoms with Gasteiger partial charge in [0.25, 0.3) is 5.91 Å². The largest absolute Gasteiger partial charge is 0.366 e. The number of primary amides is 1. The van der Waals surface area contributed by atoms with Crippen LogP contribution >= 0.6 is 0 Å². The van der Waals surface area contributed by atoms with Crippen molar-refractivity contribution in [2.45, 2.75) is 38.8 Å². The highest BCUT2D eigenvalue weighted by atomic mass is 16.2. The van der Waals surface area contributed by atoms with E-state index in [1.54, 1.807) is 24.3 Å². The van der Waals surface area contributed by atoms with Gasteiger partial charge in [0.2, 0.25) is 5.91 Å². The molecule has 1 aliphatic rings. The second-order valence-corrected chi connectivity index (χ2v) is 7.95. The fraction of sp³-hybridized carbons (Fsp3) is 0.417. The maximum absolute atomic E-state index is 12.8. The summed E-state index contributed by atoms with van der Waals surface area (Å²) in [7, 11) is 0. The lowest BCUT2D eigenvalue weighted by Crippen LogP contribution is -2.50. The zero-order chi connectivity index (χ0) is 21.3. The molecule has 30 heavy (non-hydrogen) atoms. The molecule has 0 bridgehead atoms. The number of rotatable bonds is 9. The number of likely N-dealkylation sites (tertiary alicyclic amines) is 1. The normalized spacial score (nSPS) is 17.1. The maximum Gasteiger partial charge on any atom is 0.250 e. The number of anilines is 1. The highest BCUT2D eigenvalue weighted by Gasteiger charge is 2.26. The summed E-state index contributed by atoms with van der Waals surface area (Å²) in [5.41, 5.74) is 7.55. The van der Waals surface area contributed by atoms with Crippen molar-refractivity contribution in [2.75, 3.05) is 31.5 Å². The molecule has 2 aromatic carbocycles. The van der Waals surface area contributed by atoms with Gasteiger partial charge in [-0.05, 0) is 50.0 Å². The van der Waals surface area contributed by atoms with Gasteiger partial charge in [-0.15, -0.1) is 0 Å². The van der Waals surface area contributed by atoms with Crippen molar-refractivity contribution >= 4 is 17.5 Å². The number of carbonyl (C=O) groups is 2. The minimum Gasteiger partial charge on any atom is -0.366 e. The molecule has 3 N–H and O–H groups in total. The fourth-order valence-electron chi connectivity index (χ4n) is 4.17. The summed E-state index contributed by atoms with van der Waals surface area (Å²) in [6.45, 7) is 6.30. The van der Waals surface area contributed by atoms with Crippen LogP contribution in [0, 0.1) is 0 Å². The SMILES string of the molecule is CCCN(CC(=O)Nc1ccccc1C(N)=O)C1CCCN(Cc2ccccc2)C1. The zero-order valence-electron chi connectivity index (χ0n) is 17.7. The summed E-state index contributed by atoms with van der Waals surface area (Å²) in [5, 5.41) is 2.88. The van der Waals surface area contributed by atoms with Gasteiger partial charge >= 0.3 is 0 Å². The number of piperidine rings is 1. The van der Waals surface area contributed by atoms with Crippen molar-refractivity contribution in [1.29, 1.82) is 0 Å². The predicted octanol–water partition coefficient (Wildman–Crippen LogP) is 3.10. The molecule has 6 nitrogen and oxygen atoms in total. The van der Waals surface area contributed by atoms with Crippen molar-refractivity contribution in [2.24, 2.45) is 5.73 Å². The van der Waals surface area contributed by atoms with Crippen LogP contribution in [-0.4, -0.2) is 53.8 Å². The summed E-state index contributed by atoms with van der Waals surface area (Å²) in [6, 6.07) is 17.7. The molecule has 3 rings (SSSR count). The zero-order valence-corrected chi connectivity index (χ0v) is 17.7. The Hall–Kier alpha value is -2.70. The smallest absolute Gasteiger partial charge is 0.250 e. The lowest BCUT2D eigenvalue weighted by molar-refractivity contribution is -0.118. The molecule has 1 aliphatic heterocycles. The van der Waals surface area contributed by atoms with Crippen molar-refractivity contribution in [3.63, 3.8) is 0 Å². The monoisotopic (exact) mass is 408 g/mol.